The molecule has 108 valence electrons. The molecule has 0 bridgehead atoms. The molecule has 20 heavy (non-hydrogen) atoms. The van der Waals surface area contributed by atoms with Crippen molar-refractivity contribution >= 4 is 22.9 Å². The summed E-state index contributed by atoms with van der Waals surface area (Å²) in [7, 11) is 0. The van der Waals surface area contributed by atoms with Crippen LogP contribution in [0.15, 0.2) is 17.5 Å². The first-order valence-electron chi connectivity index (χ1n) is 6.69. The van der Waals surface area contributed by atoms with Crippen LogP contribution in [0.3, 0.4) is 0 Å². The smallest absolute Gasteiger partial charge is 0.128 e. The maximum absolute atomic E-state index is 14.4. The van der Waals surface area contributed by atoms with Crippen LogP contribution < -0.4 is 5.32 Å². The molecule has 1 atom stereocenters. The van der Waals surface area contributed by atoms with E-state index in [4.69, 9.17) is 11.6 Å². The van der Waals surface area contributed by atoms with Gasteiger partial charge in [0.2, 0.25) is 0 Å². The number of thiophene rings is 1. The summed E-state index contributed by atoms with van der Waals surface area (Å²) in [6.07, 6.45) is 0. The number of halogens is 2. The lowest BCUT2D eigenvalue weighted by atomic mass is 9.97. The highest BCUT2D eigenvalue weighted by Gasteiger charge is 2.23. The molecule has 1 aromatic heterocycles. The minimum absolute atomic E-state index is 0.171. The molecular formula is C16H19ClFNS. The van der Waals surface area contributed by atoms with Crippen molar-refractivity contribution in [2.24, 2.45) is 0 Å². The van der Waals surface area contributed by atoms with E-state index < -0.39 is 0 Å². The van der Waals surface area contributed by atoms with Crippen LogP contribution in [0.1, 0.15) is 40.1 Å². The van der Waals surface area contributed by atoms with Gasteiger partial charge in [-0.05, 0) is 55.5 Å². The molecule has 1 unspecified atom stereocenters. The quantitative estimate of drug-likeness (QED) is 0.822. The van der Waals surface area contributed by atoms with Gasteiger partial charge in [-0.1, -0.05) is 24.6 Å². The van der Waals surface area contributed by atoms with Gasteiger partial charge in [0.15, 0.2) is 0 Å². The van der Waals surface area contributed by atoms with Crippen LogP contribution in [0.2, 0.25) is 5.02 Å². The Morgan fingerprint density at radius 1 is 1.25 bits per heavy atom. The fourth-order valence-corrected chi connectivity index (χ4v) is 3.85. The van der Waals surface area contributed by atoms with Crippen molar-refractivity contribution in [1.82, 2.24) is 5.32 Å². The molecule has 1 N–H and O–H groups in total. The van der Waals surface area contributed by atoms with Gasteiger partial charge in [-0.3, -0.25) is 0 Å². The van der Waals surface area contributed by atoms with Gasteiger partial charge in [0.1, 0.15) is 5.82 Å². The fraction of sp³-hybridized carbons (Fsp3) is 0.375. The molecule has 0 aliphatic rings. The van der Waals surface area contributed by atoms with Gasteiger partial charge in [-0.15, -0.1) is 11.3 Å². The van der Waals surface area contributed by atoms with Crippen molar-refractivity contribution < 1.29 is 4.39 Å². The second kappa shape index (κ2) is 6.25. The number of hydrogen-bond acceptors (Lipinski definition) is 2. The summed E-state index contributed by atoms with van der Waals surface area (Å²) >= 11 is 7.95. The Labute approximate surface area is 128 Å². The zero-order valence-electron chi connectivity index (χ0n) is 12.2. The molecule has 1 heterocycles. The van der Waals surface area contributed by atoms with Crippen molar-refractivity contribution in [2.45, 2.75) is 33.7 Å². The van der Waals surface area contributed by atoms with Crippen LogP contribution in [0, 0.1) is 26.6 Å². The number of nitrogens with one attached hydrogen (secondary N) is 1. The van der Waals surface area contributed by atoms with E-state index in [0.29, 0.717) is 5.56 Å². The Bertz CT molecular complexity index is 598. The maximum Gasteiger partial charge on any atom is 0.128 e. The van der Waals surface area contributed by atoms with Crippen LogP contribution in [0.25, 0.3) is 0 Å². The minimum atomic E-state index is -0.188. The van der Waals surface area contributed by atoms with E-state index in [1.165, 1.54) is 0 Å². The maximum atomic E-state index is 14.4. The molecule has 2 aromatic rings. The van der Waals surface area contributed by atoms with E-state index >= 15 is 0 Å². The summed E-state index contributed by atoms with van der Waals surface area (Å²) in [4.78, 5) is 0.983. The average molecular weight is 312 g/mol. The molecule has 0 radical (unpaired) electrons. The number of hydrogen-bond donors (Lipinski definition) is 1. The highest BCUT2D eigenvalue weighted by Crippen LogP contribution is 2.37. The zero-order valence-corrected chi connectivity index (χ0v) is 13.8. The summed E-state index contributed by atoms with van der Waals surface area (Å²) in [6.45, 7) is 8.60. The topological polar surface area (TPSA) is 12.0 Å². The minimum Gasteiger partial charge on any atom is -0.306 e. The van der Waals surface area contributed by atoms with Crippen molar-refractivity contribution in [3.63, 3.8) is 0 Å². The van der Waals surface area contributed by atoms with Crippen molar-refractivity contribution in [3.05, 3.63) is 55.5 Å². The third kappa shape index (κ3) is 2.90. The lowest BCUT2D eigenvalue weighted by molar-refractivity contribution is 0.559. The zero-order chi connectivity index (χ0) is 14.9. The number of aryl methyl sites for hydroxylation is 3. The Morgan fingerprint density at radius 2 is 1.95 bits per heavy atom. The molecule has 1 nitrogen and oxygen atoms in total. The highest BCUT2D eigenvalue weighted by atomic mass is 35.5. The first-order valence-corrected chi connectivity index (χ1v) is 7.95. The van der Waals surface area contributed by atoms with E-state index in [1.54, 1.807) is 17.4 Å². The summed E-state index contributed by atoms with van der Waals surface area (Å²) in [5, 5.41) is 6.11. The first-order chi connectivity index (χ1) is 9.45. The summed E-state index contributed by atoms with van der Waals surface area (Å²) < 4.78 is 14.4. The number of benzene rings is 1. The van der Waals surface area contributed by atoms with Crippen LogP contribution in [-0.2, 0) is 0 Å². The van der Waals surface area contributed by atoms with Gasteiger partial charge < -0.3 is 5.32 Å². The van der Waals surface area contributed by atoms with Gasteiger partial charge in [-0.25, -0.2) is 4.39 Å². The lowest BCUT2D eigenvalue weighted by Crippen LogP contribution is -2.23. The van der Waals surface area contributed by atoms with Crippen molar-refractivity contribution in [1.29, 1.82) is 0 Å². The van der Waals surface area contributed by atoms with E-state index in [9.17, 15) is 4.39 Å². The van der Waals surface area contributed by atoms with E-state index in [-0.39, 0.29) is 11.9 Å². The molecule has 0 saturated heterocycles. The lowest BCUT2D eigenvalue weighted by Gasteiger charge is -2.21. The van der Waals surface area contributed by atoms with E-state index in [0.717, 1.165) is 33.1 Å². The normalized spacial score (nSPS) is 12.7. The second-order valence-electron chi connectivity index (χ2n) is 5.06. The highest BCUT2D eigenvalue weighted by molar-refractivity contribution is 7.10. The molecule has 0 amide bonds. The third-order valence-corrected chi connectivity index (χ3v) is 5.14. The standard InChI is InChI=1S/C16H19ClFNS/c1-5-19-15(16-14(17)11(4)8-20-16)13-10(3)6-9(2)7-12(13)18/h6-8,15,19H,5H2,1-4H3. The van der Waals surface area contributed by atoms with Crippen molar-refractivity contribution in [2.75, 3.05) is 6.54 Å². The summed E-state index contributed by atoms with van der Waals surface area (Å²) in [6, 6.07) is 3.41. The summed E-state index contributed by atoms with van der Waals surface area (Å²) in [5.41, 5.74) is 3.63. The number of rotatable bonds is 4. The van der Waals surface area contributed by atoms with E-state index in [1.807, 2.05) is 39.1 Å². The van der Waals surface area contributed by atoms with Gasteiger partial charge in [0.25, 0.3) is 0 Å². The SMILES string of the molecule is CCNC(c1scc(C)c1Cl)c1c(C)cc(C)cc1F. The van der Waals surface area contributed by atoms with Gasteiger partial charge in [0.05, 0.1) is 11.1 Å². The first kappa shape index (κ1) is 15.5. The van der Waals surface area contributed by atoms with Crippen LogP contribution in [0.5, 0.6) is 0 Å². The molecule has 2 rings (SSSR count). The Balaban J connectivity index is 2.57. The Hall–Kier alpha value is -0.900. The molecule has 0 aliphatic carbocycles. The second-order valence-corrected chi connectivity index (χ2v) is 6.35. The third-order valence-electron chi connectivity index (χ3n) is 3.37. The Morgan fingerprint density at radius 3 is 2.45 bits per heavy atom. The van der Waals surface area contributed by atoms with Gasteiger partial charge in [0, 0.05) is 10.4 Å². The van der Waals surface area contributed by atoms with Crippen LogP contribution >= 0.6 is 22.9 Å². The molecule has 0 aliphatic heterocycles. The molecule has 0 fully saturated rings. The Kier molecular flexibility index (Phi) is 4.84. The monoisotopic (exact) mass is 311 g/mol. The fourth-order valence-electron chi connectivity index (χ4n) is 2.47. The molecule has 4 heteroatoms. The van der Waals surface area contributed by atoms with Gasteiger partial charge >= 0.3 is 0 Å². The molecule has 1 aromatic carbocycles. The van der Waals surface area contributed by atoms with Crippen LogP contribution in [-0.4, -0.2) is 6.54 Å². The molecule has 0 spiro atoms. The predicted octanol–water partition coefficient (Wildman–Crippen LogP) is 5.16. The molecular weight excluding hydrogens is 293 g/mol. The summed E-state index contributed by atoms with van der Waals surface area (Å²) in [5.74, 6) is -0.171. The average Bonchev–Trinajstić information content (AvgIpc) is 2.68. The van der Waals surface area contributed by atoms with Crippen LogP contribution in [0.4, 0.5) is 4.39 Å². The van der Waals surface area contributed by atoms with Gasteiger partial charge in [-0.2, -0.15) is 0 Å². The molecule has 0 saturated carbocycles. The van der Waals surface area contributed by atoms with E-state index in [2.05, 4.69) is 5.32 Å². The largest absolute Gasteiger partial charge is 0.306 e. The predicted molar refractivity (Wildman–Crippen MR) is 85.5 cm³/mol. The van der Waals surface area contributed by atoms with Crippen molar-refractivity contribution in [3.8, 4) is 0 Å².